The number of aromatic nitrogens is 1. The number of fused-ring (bicyclic) bond motifs is 1. The van der Waals surface area contributed by atoms with Crippen LogP contribution in [0.2, 0.25) is 0 Å². The van der Waals surface area contributed by atoms with E-state index in [2.05, 4.69) is 28.7 Å². The molecular formula is C19H18N2O3. The lowest BCUT2D eigenvalue weighted by Gasteiger charge is -2.11. The van der Waals surface area contributed by atoms with E-state index in [1.54, 1.807) is 24.5 Å². The predicted molar refractivity (Wildman–Crippen MR) is 88.2 cm³/mol. The van der Waals surface area contributed by atoms with Gasteiger partial charge in [-0.25, -0.2) is 0 Å². The van der Waals surface area contributed by atoms with Gasteiger partial charge < -0.3 is 14.3 Å². The van der Waals surface area contributed by atoms with Gasteiger partial charge in [-0.2, -0.15) is 0 Å². The molecule has 4 rings (SSSR count). The maximum absolute atomic E-state index is 12.2. The predicted octanol–water partition coefficient (Wildman–Crippen LogP) is 3.67. The first-order valence-electron chi connectivity index (χ1n) is 8.13. The fraction of sp³-hybridized carbons (Fsp3) is 0.263. The molecule has 1 N–H and O–H groups in total. The van der Waals surface area contributed by atoms with E-state index in [9.17, 15) is 4.79 Å². The zero-order valence-electron chi connectivity index (χ0n) is 13.2. The quantitative estimate of drug-likeness (QED) is 0.778. The molecule has 0 saturated carbocycles. The van der Waals surface area contributed by atoms with Crippen molar-refractivity contribution in [2.45, 2.75) is 31.7 Å². The van der Waals surface area contributed by atoms with Gasteiger partial charge in [0.1, 0.15) is 5.69 Å². The number of benzene rings is 1. The van der Waals surface area contributed by atoms with Crippen molar-refractivity contribution in [3.63, 3.8) is 0 Å². The van der Waals surface area contributed by atoms with Gasteiger partial charge in [0.25, 0.3) is 0 Å². The summed E-state index contributed by atoms with van der Waals surface area (Å²) in [6, 6.07) is 13.8. The van der Waals surface area contributed by atoms with Crippen LogP contribution in [0.25, 0.3) is 11.5 Å². The molecule has 0 saturated heterocycles. The Morgan fingerprint density at radius 3 is 3.00 bits per heavy atom. The summed E-state index contributed by atoms with van der Waals surface area (Å²) in [7, 11) is 0. The second kappa shape index (κ2) is 6.35. The molecule has 1 atom stereocenters. The number of hydrogen-bond donors (Lipinski definition) is 1. The Labute approximate surface area is 139 Å². The topological polar surface area (TPSA) is 68.3 Å². The zero-order chi connectivity index (χ0) is 16.4. The molecule has 1 amide bonds. The number of carbonyl (C=O) groups is 1. The third-order valence-corrected chi connectivity index (χ3v) is 4.48. The van der Waals surface area contributed by atoms with Crippen molar-refractivity contribution >= 4 is 5.91 Å². The molecule has 1 aliphatic carbocycles. The number of amides is 1. The lowest BCUT2D eigenvalue weighted by Crippen LogP contribution is -2.24. The van der Waals surface area contributed by atoms with E-state index >= 15 is 0 Å². The van der Waals surface area contributed by atoms with Crippen molar-refractivity contribution in [3.8, 4) is 11.5 Å². The van der Waals surface area contributed by atoms with Crippen LogP contribution in [0.1, 0.15) is 35.6 Å². The normalized spacial score (nSPS) is 16.1. The first-order chi connectivity index (χ1) is 11.8. The minimum absolute atomic E-state index is 0.0410. The highest BCUT2D eigenvalue weighted by molar-refractivity contribution is 5.77. The van der Waals surface area contributed by atoms with Crippen molar-refractivity contribution in [1.82, 2.24) is 10.5 Å². The van der Waals surface area contributed by atoms with Gasteiger partial charge in [0.05, 0.1) is 12.8 Å². The summed E-state index contributed by atoms with van der Waals surface area (Å²) < 4.78 is 10.5. The summed E-state index contributed by atoms with van der Waals surface area (Å²) in [5.74, 6) is 1.55. The average Bonchev–Trinajstić information content (AvgIpc) is 3.34. The molecule has 0 fully saturated rings. The standard InChI is InChI=1S/C19H18N2O3/c22-19(10-14-8-7-13-4-1-2-5-16(13)14)20-12-15-11-18(24-21-15)17-6-3-9-23-17/h1-6,9,11,14H,7-8,10,12H2,(H,20,22)/t14-/m1/s1. The SMILES string of the molecule is O=C(C[C@H]1CCc2ccccc21)NCc1cc(-c2ccco2)on1. The van der Waals surface area contributed by atoms with E-state index in [0.29, 0.717) is 36.1 Å². The Balaban J connectivity index is 1.33. The average molecular weight is 322 g/mol. The molecule has 0 unspecified atom stereocenters. The molecule has 1 aromatic carbocycles. The monoisotopic (exact) mass is 322 g/mol. The van der Waals surface area contributed by atoms with Crippen molar-refractivity contribution in [3.05, 3.63) is 65.5 Å². The Bertz CT molecular complexity index is 836. The molecule has 0 aliphatic heterocycles. The summed E-state index contributed by atoms with van der Waals surface area (Å²) in [5.41, 5.74) is 3.37. The molecule has 0 radical (unpaired) electrons. The third-order valence-electron chi connectivity index (χ3n) is 4.48. The maximum atomic E-state index is 12.2. The summed E-state index contributed by atoms with van der Waals surface area (Å²) >= 11 is 0. The highest BCUT2D eigenvalue weighted by Gasteiger charge is 2.24. The van der Waals surface area contributed by atoms with E-state index in [4.69, 9.17) is 8.94 Å². The Morgan fingerprint density at radius 1 is 1.21 bits per heavy atom. The van der Waals surface area contributed by atoms with Crippen molar-refractivity contribution in [1.29, 1.82) is 0 Å². The summed E-state index contributed by atoms with van der Waals surface area (Å²) in [6.45, 7) is 0.359. The number of hydrogen-bond acceptors (Lipinski definition) is 4. The first kappa shape index (κ1) is 14.8. The van der Waals surface area contributed by atoms with Crippen LogP contribution in [0, 0.1) is 0 Å². The number of aryl methyl sites for hydroxylation is 1. The third kappa shape index (κ3) is 2.97. The largest absolute Gasteiger partial charge is 0.461 e. The molecule has 0 spiro atoms. The van der Waals surface area contributed by atoms with E-state index in [1.807, 2.05) is 6.07 Å². The highest BCUT2D eigenvalue weighted by atomic mass is 16.5. The van der Waals surface area contributed by atoms with Crippen LogP contribution < -0.4 is 5.32 Å². The van der Waals surface area contributed by atoms with Gasteiger partial charge in [0.15, 0.2) is 5.76 Å². The Morgan fingerprint density at radius 2 is 2.12 bits per heavy atom. The number of nitrogens with zero attached hydrogens (tertiary/aromatic N) is 1. The molecule has 2 heterocycles. The van der Waals surface area contributed by atoms with E-state index in [1.165, 1.54) is 11.1 Å². The van der Waals surface area contributed by atoms with Crippen LogP contribution in [0.5, 0.6) is 0 Å². The number of furan rings is 1. The second-order valence-electron chi connectivity index (χ2n) is 6.08. The number of rotatable bonds is 5. The molecule has 24 heavy (non-hydrogen) atoms. The van der Waals surface area contributed by atoms with Gasteiger partial charge in [-0.15, -0.1) is 0 Å². The van der Waals surface area contributed by atoms with Crippen molar-refractivity contribution < 1.29 is 13.7 Å². The van der Waals surface area contributed by atoms with Gasteiger partial charge in [-0.05, 0) is 42.0 Å². The maximum Gasteiger partial charge on any atom is 0.220 e. The summed E-state index contributed by atoms with van der Waals surface area (Å²) in [4.78, 5) is 12.2. The van der Waals surface area contributed by atoms with Crippen LogP contribution in [-0.4, -0.2) is 11.1 Å². The number of nitrogens with one attached hydrogen (secondary N) is 1. The van der Waals surface area contributed by atoms with E-state index < -0.39 is 0 Å². The molecular weight excluding hydrogens is 304 g/mol. The van der Waals surface area contributed by atoms with Crippen molar-refractivity contribution in [2.75, 3.05) is 0 Å². The van der Waals surface area contributed by atoms with E-state index in [-0.39, 0.29) is 5.91 Å². The van der Waals surface area contributed by atoms with Gasteiger partial charge >= 0.3 is 0 Å². The van der Waals surface area contributed by atoms with Gasteiger partial charge in [0.2, 0.25) is 11.7 Å². The van der Waals surface area contributed by atoms with E-state index in [0.717, 1.165) is 12.8 Å². The Hall–Kier alpha value is -2.82. The Kier molecular flexibility index (Phi) is 3.91. The van der Waals surface area contributed by atoms with Gasteiger partial charge in [0, 0.05) is 12.5 Å². The smallest absolute Gasteiger partial charge is 0.220 e. The van der Waals surface area contributed by atoms with Crippen LogP contribution in [0.4, 0.5) is 0 Å². The lowest BCUT2D eigenvalue weighted by molar-refractivity contribution is -0.121. The van der Waals surface area contributed by atoms with Gasteiger partial charge in [-0.3, -0.25) is 4.79 Å². The van der Waals surface area contributed by atoms with Crippen molar-refractivity contribution in [2.24, 2.45) is 0 Å². The van der Waals surface area contributed by atoms with Crippen LogP contribution in [0.3, 0.4) is 0 Å². The molecule has 1 aliphatic rings. The van der Waals surface area contributed by atoms with Crippen LogP contribution in [-0.2, 0) is 17.8 Å². The fourth-order valence-corrected chi connectivity index (χ4v) is 3.27. The summed E-state index contributed by atoms with van der Waals surface area (Å²) in [5, 5.41) is 6.89. The van der Waals surface area contributed by atoms with Crippen LogP contribution >= 0.6 is 0 Å². The second-order valence-corrected chi connectivity index (χ2v) is 6.08. The zero-order valence-corrected chi connectivity index (χ0v) is 13.2. The lowest BCUT2D eigenvalue weighted by atomic mass is 9.97. The minimum atomic E-state index is 0.0410. The molecule has 0 bridgehead atoms. The molecule has 3 aromatic rings. The number of carbonyl (C=O) groups excluding carboxylic acids is 1. The van der Waals surface area contributed by atoms with Gasteiger partial charge in [-0.1, -0.05) is 29.4 Å². The highest BCUT2D eigenvalue weighted by Crippen LogP contribution is 2.35. The molecule has 5 nitrogen and oxygen atoms in total. The minimum Gasteiger partial charge on any atom is -0.461 e. The summed E-state index contributed by atoms with van der Waals surface area (Å²) in [6.07, 6.45) is 4.20. The first-order valence-corrected chi connectivity index (χ1v) is 8.13. The molecule has 122 valence electrons. The molecule has 5 heteroatoms. The fourth-order valence-electron chi connectivity index (χ4n) is 3.27. The molecule has 2 aromatic heterocycles. The van der Waals surface area contributed by atoms with Crippen LogP contribution in [0.15, 0.2) is 57.7 Å².